The quantitative estimate of drug-likeness (QED) is 0.760. The molecule has 158 valence electrons. The van der Waals surface area contributed by atoms with Gasteiger partial charge in [0.25, 0.3) is 0 Å². The summed E-state index contributed by atoms with van der Waals surface area (Å²) in [5, 5.41) is 0. The van der Waals surface area contributed by atoms with E-state index < -0.39 is 5.41 Å². The highest BCUT2D eigenvalue weighted by Crippen LogP contribution is 2.43. The van der Waals surface area contributed by atoms with Crippen molar-refractivity contribution in [1.29, 1.82) is 0 Å². The van der Waals surface area contributed by atoms with E-state index in [2.05, 4.69) is 4.90 Å². The molecule has 4 nitrogen and oxygen atoms in total. The van der Waals surface area contributed by atoms with Crippen LogP contribution in [0.15, 0.2) is 24.3 Å². The minimum Gasteiger partial charge on any atom is -0.342 e. The number of amides is 2. The second-order valence-electron chi connectivity index (χ2n) is 9.11. The largest absolute Gasteiger partial charge is 0.342 e. The van der Waals surface area contributed by atoms with Gasteiger partial charge in [0.05, 0.1) is 5.41 Å². The Morgan fingerprint density at radius 1 is 0.862 bits per heavy atom. The van der Waals surface area contributed by atoms with Crippen molar-refractivity contribution in [3.8, 4) is 0 Å². The minimum absolute atomic E-state index is 0.0471. The second-order valence-corrected chi connectivity index (χ2v) is 9.11. The van der Waals surface area contributed by atoms with Crippen molar-refractivity contribution in [2.24, 2.45) is 5.92 Å². The van der Waals surface area contributed by atoms with Crippen LogP contribution in [-0.4, -0.2) is 47.8 Å². The highest BCUT2D eigenvalue weighted by atomic mass is 19.1. The van der Waals surface area contributed by atoms with Gasteiger partial charge < -0.3 is 9.80 Å². The Hall–Kier alpha value is -1.91. The summed E-state index contributed by atoms with van der Waals surface area (Å²) in [4.78, 5) is 30.5. The fourth-order valence-electron chi connectivity index (χ4n) is 5.57. The van der Waals surface area contributed by atoms with Gasteiger partial charge in [-0.15, -0.1) is 0 Å². The monoisotopic (exact) mass is 400 g/mol. The molecule has 1 aliphatic carbocycles. The Morgan fingerprint density at radius 3 is 2.14 bits per heavy atom. The minimum atomic E-state index is -0.580. The van der Waals surface area contributed by atoms with Gasteiger partial charge in [0.2, 0.25) is 11.8 Å². The number of carbonyl (C=O) groups is 2. The number of likely N-dealkylation sites (tertiary alicyclic amines) is 2. The molecule has 5 heteroatoms. The lowest BCUT2D eigenvalue weighted by atomic mass is 9.77. The molecule has 2 aliphatic heterocycles. The van der Waals surface area contributed by atoms with E-state index in [1.807, 2.05) is 11.0 Å². The second kappa shape index (κ2) is 8.85. The maximum absolute atomic E-state index is 13.9. The predicted octanol–water partition coefficient (Wildman–Crippen LogP) is 4.28. The summed E-state index contributed by atoms with van der Waals surface area (Å²) >= 11 is 0. The van der Waals surface area contributed by atoms with Gasteiger partial charge in [-0.1, -0.05) is 37.8 Å². The topological polar surface area (TPSA) is 40.6 Å². The fourth-order valence-corrected chi connectivity index (χ4v) is 5.57. The van der Waals surface area contributed by atoms with E-state index in [0.29, 0.717) is 19.0 Å². The van der Waals surface area contributed by atoms with E-state index in [4.69, 9.17) is 0 Å². The number of nitrogens with zero attached hydrogens (tertiary/aromatic N) is 2. The third-order valence-electron chi connectivity index (χ3n) is 7.29. The lowest BCUT2D eigenvalue weighted by Crippen LogP contribution is -2.50. The zero-order valence-corrected chi connectivity index (χ0v) is 17.4. The van der Waals surface area contributed by atoms with Crippen LogP contribution in [0.5, 0.6) is 0 Å². The van der Waals surface area contributed by atoms with Crippen LogP contribution in [0.25, 0.3) is 0 Å². The number of carbonyl (C=O) groups excluding carboxylic acids is 2. The standard InChI is InChI=1S/C24H33FN2O2/c25-21-9-7-8-20(18-21)24(12-3-4-13-24)23(29)27-16-10-19(11-17-27)22(28)26-14-5-1-2-6-15-26/h7-9,18-19H,1-6,10-17H2. The van der Waals surface area contributed by atoms with Crippen molar-refractivity contribution in [1.82, 2.24) is 9.80 Å². The molecule has 0 bridgehead atoms. The van der Waals surface area contributed by atoms with Crippen LogP contribution in [0.4, 0.5) is 4.39 Å². The van der Waals surface area contributed by atoms with Crippen LogP contribution >= 0.6 is 0 Å². The first-order chi connectivity index (χ1) is 14.1. The first-order valence-electron chi connectivity index (χ1n) is 11.4. The molecular weight excluding hydrogens is 367 g/mol. The molecule has 0 N–H and O–H groups in total. The highest BCUT2D eigenvalue weighted by molar-refractivity contribution is 5.89. The molecule has 0 aromatic heterocycles. The SMILES string of the molecule is O=C(C1CCN(C(=O)C2(c3cccc(F)c3)CCCC2)CC1)N1CCCCCC1. The molecule has 1 saturated carbocycles. The summed E-state index contributed by atoms with van der Waals surface area (Å²) in [6.45, 7) is 3.06. The van der Waals surface area contributed by atoms with Crippen molar-refractivity contribution in [3.63, 3.8) is 0 Å². The van der Waals surface area contributed by atoms with Gasteiger partial charge in [0.1, 0.15) is 5.82 Å². The molecule has 1 aromatic carbocycles. The van der Waals surface area contributed by atoms with Crippen molar-refractivity contribution in [3.05, 3.63) is 35.6 Å². The van der Waals surface area contributed by atoms with Gasteiger partial charge in [-0.3, -0.25) is 9.59 Å². The number of piperidine rings is 1. The summed E-state index contributed by atoms with van der Waals surface area (Å²) in [5.41, 5.74) is 0.242. The highest BCUT2D eigenvalue weighted by Gasteiger charge is 2.46. The van der Waals surface area contributed by atoms with E-state index >= 15 is 0 Å². The summed E-state index contributed by atoms with van der Waals surface area (Å²) in [6.07, 6.45) is 9.76. The molecule has 29 heavy (non-hydrogen) atoms. The molecule has 3 aliphatic rings. The van der Waals surface area contributed by atoms with Crippen molar-refractivity contribution in [2.75, 3.05) is 26.2 Å². The molecule has 2 amide bonds. The van der Waals surface area contributed by atoms with Crippen LogP contribution in [-0.2, 0) is 15.0 Å². The van der Waals surface area contributed by atoms with Gasteiger partial charge >= 0.3 is 0 Å². The Bertz CT molecular complexity index is 728. The van der Waals surface area contributed by atoms with Gasteiger partial charge in [0.15, 0.2) is 0 Å². The Balaban J connectivity index is 1.42. The Labute approximate surface area is 173 Å². The third-order valence-corrected chi connectivity index (χ3v) is 7.29. The van der Waals surface area contributed by atoms with Gasteiger partial charge in [-0.05, 0) is 56.2 Å². The molecule has 0 radical (unpaired) electrons. The fraction of sp³-hybridized carbons (Fsp3) is 0.667. The molecule has 3 fully saturated rings. The van der Waals surface area contributed by atoms with Crippen LogP contribution < -0.4 is 0 Å². The summed E-state index contributed by atoms with van der Waals surface area (Å²) in [6, 6.07) is 6.60. The Kier molecular flexibility index (Phi) is 6.21. The molecule has 1 aromatic rings. The van der Waals surface area contributed by atoms with E-state index in [1.165, 1.54) is 18.9 Å². The first-order valence-corrected chi connectivity index (χ1v) is 11.4. The molecule has 4 rings (SSSR count). The average molecular weight is 401 g/mol. The number of rotatable bonds is 3. The zero-order chi connectivity index (χ0) is 20.3. The van der Waals surface area contributed by atoms with Crippen molar-refractivity contribution >= 4 is 11.8 Å². The average Bonchev–Trinajstić information content (AvgIpc) is 3.10. The van der Waals surface area contributed by atoms with Gasteiger partial charge in [-0.25, -0.2) is 4.39 Å². The summed E-state index contributed by atoms with van der Waals surface area (Å²) in [5.74, 6) is 0.204. The van der Waals surface area contributed by atoms with Gasteiger partial charge in [-0.2, -0.15) is 0 Å². The van der Waals surface area contributed by atoms with E-state index in [1.54, 1.807) is 12.1 Å². The molecule has 2 heterocycles. The number of hydrogen-bond donors (Lipinski definition) is 0. The van der Waals surface area contributed by atoms with E-state index in [-0.39, 0.29) is 17.6 Å². The number of benzene rings is 1. The summed E-state index contributed by atoms with van der Waals surface area (Å²) < 4.78 is 13.9. The maximum atomic E-state index is 13.9. The normalized spacial score (nSPS) is 23.1. The van der Waals surface area contributed by atoms with Crippen LogP contribution in [0.1, 0.15) is 69.8 Å². The van der Waals surface area contributed by atoms with E-state index in [9.17, 15) is 14.0 Å². The van der Waals surface area contributed by atoms with Crippen molar-refractivity contribution < 1.29 is 14.0 Å². The Morgan fingerprint density at radius 2 is 1.52 bits per heavy atom. The van der Waals surface area contributed by atoms with Crippen molar-refractivity contribution in [2.45, 2.75) is 69.6 Å². The van der Waals surface area contributed by atoms with Crippen LogP contribution in [0.2, 0.25) is 0 Å². The predicted molar refractivity (Wildman–Crippen MR) is 111 cm³/mol. The summed E-state index contributed by atoms with van der Waals surface area (Å²) in [7, 11) is 0. The van der Waals surface area contributed by atoms with Gasteiger partial charge in [0, 0.05) is 32.1 Å². The smallest absolute Gasteiger partial charge is 0.233 e. The molecule has 0 atom stereocenters. The lowest BCUT2D eigenvalue weighted by Gasteiger charge is -2.39. The first kappa shape index (κ1) is 20.4. The van der Waals surface area contributed by atoms with E-state index in [0.717, 1.165) is 70.0 Å². The number of hydrogen-bond acceptors (Lipinski definition) is 2. The van der Waals surface area contributed by atoms with Crippen LogP contribution in [0.3, 0.4) is 0 Å². The molecule has 0 spiro atoms. The number of halogens is 1. The zero-order valence-electron chi connectivity index (χ0n) is 17.4. The van der Waals surface area contributed by atoms with Crippen LogP contribution in [0, 0.1) is 11.7 Å². The third kappa shape index (κ3) is 4.19. The lowest BCUT2D eigenvalue weighted by molar-refractivity contribution is -0.143. The molecule has 0 unspecified atom stereocenters. The molecular formula is C24H33FN2O2. The molecule has 2 saturated heterocycles. The maximum Gasteiger partial charge on any atom is 0.233 e.